The van der Waals surface area contributed by atoms with Crippen LogP contribution in [0.1, 0.15) is 23.6 Å². The van der Waals surface area contributed by atoms with Gasteiger partial charge in [0.25, 0.3) is 0 Å². The van der Waals surface area contributed by atoms with Gasteiger partial charge in [0.15, 0.2) is 0 Å². The first-order valence-corrected chi connectivity index (χ1v) is 11.9. The van der Waals surface area contributed by atoms with Crippen molar-refractivity contribution in [2.75, 3.05) is 6.61 Å². The number of halogens is 1. The second-order valence-corrected chi connectivity index (χ2v) is 9.01. The first kappa shape index (κ1) is 20.9. The molecule has 0 N–H and O–H groups in total. The fourth-order valence-corrected chi connectivity index (χ4v) is 5.10. The monoisotopic (exact) mass is 466 g/mol. The van der Waals surface area contributed by atoms with E-state index in [2.05, 4.69) is 44.2 Å². The molecule has 168 valence electrons. The minimum absolute atomic E-state index is 0.549. The summed E-state index contributed by atoms with van der Waals surface area (Å²) in [4.78, 5) is 9.67. The Bertz CT molecular complexity index is 1550. The number of benzene rings is 3. The van der Waals surface area contributed by atoms with Gasteiger partial charge in [-0.3, -0.25) is 4.98 Å². The predicted octanol–water partition coefficient (Wildman–Crippen LogP) is 7.70. The third-order valence-electron chi connectivity index (χ3n) is 6.53. The Hall–Kier alpha value is -3.63. The van der Waals surface area contributed by atoms with E-state index >= 15 is 0 Å². The minimum Gasteiger partial charge on any atom is -0.493 e. The Morgan fingerprint density at radius 1 is 1.03 bits per heavy atom. The highest BCUT2D eigenvalue weighted by atomic mass is 35.5. The van der Waals surface area contributed by atoms with E-state index in [4.69, 9.17) is 31.0 Å². The Morgan fingerprint density at radius 2 is 1.88 bits per heavy atom. The zero-order chi connectivity index (χ0) is 23.2. The van der Waals surface area contributed by atoms with Crippen molar-refractivity contribution in [3.8, 4) is 28.5 Å². The molecule has 6 rings (SSSR count). The molecule has 0 saturated carbocycles. The third-order valence-corrected chi connectivity index (χ3v) is 6.78. The smallest absolute Gasteiger partial charge is 0.219 e. The fourth-order valence-electron chi connectivity index (χ4n) is 4.98. The molecule has 3 heterocycles. The van der Waals surface area contributed by atoms with Gasteiger partial charge in [-0.05, 0) is 90.2 Å². The lowest BCUT2D eigenvalue weighted by Crippen LogP contribution is -2.09. The van der Waals surface area contributed by atoms with Crippen LogP contribution in [0.25, 0.3) is 32.9 Å². The second-order valence-electron chi connectivity index (χ2n) is 8.58. The fraction of sp³-hybridized carbons (Fsp3) is 0.172. The zero-order valence-corrected chi connectivity index (χ0v) is 19.8. The van der Waals surface area contributed by atoms with Gasteiger partial charge in [-0.2, -0.15) is 0 Å². The van der Waals surface area contributed by atoms with E-state index in [0.29, 0.717) is 23.3 Å². The number of aromatic nitrogens is 2. The van der Waals surface area contributed by atoms with Gasteiger partial charge in [-0.15, -0.1) is 0 Å². The molecule has 0 aliphatic carbocycles. The molecular weight excluding hydrogens is 444 g/mol. The van der Waals surface area contributed by atoms with Gasteiger partial charge in [0, 0.05) is 40.0 Å². The predicted molar refractivity (Wildman–Crippen MR) is 137 cm³/mol. The number of pyridine rings is 2. The van der Waals surface area contributed by atoms with Crippen LogP contribution in [0.5, 0.6) is 17.4 Å². The largest absolute Gasteiger partial charge is 0.493 e. The van der Waals surface area contributed by atoms with Crippen LogP contribution in [0.4, 0.5) is 0 Å². The molecule has 3 aromatic carbocycles. The Morgan fingerprint density at radius 3 is 2.71 bits per heavy atom. The molecule has 1 aliphatic rings. The molecule has 0 atom stereocenters. The zero-order valence-electron chi connectivity index (χ0n) is 19.1. The highest BCUT2D eigenvalue weighted by Crippen LogP contribution is 2.42. The second kappa shape index (κ2) is 8.30. The van der Waals surface area contributed by atoms with Crippen LogP contribution in [0.15, 0.2) is 66.9 Å². The van der Waals surface area contributed by atoms with E-state index in [0.717, 1.165) is 46.0 Å². The Labute approximate surface area is 203 Å². The van der Waals surface area contributed by atoms with E-state index in [1.165, 1.54) is 22.3 Å². The quantitative estimate of drug-likeness (QED) is 0.272. The van der Waals surface area contributed by atoms with Crippen molar-refractivity contribution in [3.05, 3.63) is 88.6 Å². The standard InChI is InChI=1S/C29H23ClN2O2/c1-3-21-17(2)16-24-22(9-11-26(32-24)34-20-6-4-19(30)5-7-20)28(21)23-8-10-25-27-18(13-15-33-25)12-14-31-29(23)27/h4-12,14,16H,3,13,15H2,1-2H3. The molecular formula is C29H23ClN2O2. The molecule has 4 nitrogen and oxygen atoms in total. The van der Waals surface area contributed by atoms with Crippen molar-refractivity contribution in [2.45, 2.75) is 26.7 Å². The van der Waals surface area contributed by atoms with Crippen LogP contribution >= 0.6 is 11.6 Å². The molecule has 1 aliphatic heterocycles. The summed E-state index contributed by atoms with van der Waals surface area (Å²) in [7, 11) is 0. The van der Waals surface area contributed by atoms with E-state index < -0.39 is 0 Å². The number of hydrogen-bond acceptors (Lipinski definition) is 4. The number of nitrogens with zero attached hydrogens (tertiary/aromatic N) is 2. The van der Waals surface area contributed by atoms with Gasteiger partial charge in [0.2, 0.25) is 5.88 Å². The summed E-state index contributed by atoms with van der Waals surface area (Å²) < 4.78 is 12.0. The first-order valence-electron chi connectivity index (χ1n) is 11.5. The summed E-state index contributed by atoms with van der Waals surface area (Å²) in [5.74, 6) is 2.17. The maximum atomic E-state index is 6.01. The number of hydrogen-bond donors (Lipinski definition) is 0. The van der Waals surface area contributed by atoms with E-state index in [1.807, 2.05) is 36.5 Å². The van der Waals surface area contributed by atoms with Gasteiger partial charge in [-0.1, -0.05) is 18.5 Å². The third kappa shape index (κ3) is 3.46. The summed E-state index contributed by atoms with van der Waals surface area (Å²) in [6, 6.07) is 19.8. The number of fused-ring (bicyclic) bond motifs is 1. The van der Waals surface area contributed by atoms with Gasteiger partial charge in [-0.25, -0.2) is 4.98 Å². The van der Waals surface area contributed by atoms with Crippen LogP contribution in [0.2, 0.25) is 5.02 Å². The van der Waals surface area contributed by atoms with Crippen LogP contribution < -0.4 is 9.47 Å². The van der Waals surface area contributed by atoms with E-state index in [9.17, 15) is 0 Å². The molecule has 0 spiro atoms. The average Bonchev–Trinajstić information content (AvgIpc) is 2.85. The lowest BCUT2D eigenvalue weighted by atomic mass is 9.88. The molecule has 0 fully saturated rings. The molecule has 5 heteroatoms. The van der Waals surface area contributed by atoms with Crippen LogP contribution in [-0.4, -0.2) is 16.6 Å². The van der Waals surface area contributed by atoms with Gasteiger partial charge >= 0.3 is 0 Å². The summed E-state index contributed by atoms with van der Waals surface area (Å²) in [5.41, 5.74) is 7.98. The Kier molecular flexibility index (Phi) is 5.11. The topological polar surface area (TPSA) is 44.2 Å². The molecule has 0 saturated heterocycles. The lowest BCUT2D eigenvalue weighted by Gasteiger charge is -2.21. The normalized spacial score (nSPS) is 12.7. The van der Waals surface area contributed by atoms with Crippen LogP contribution in [0.3, 0.4) is 0 Å². The van der Waals surface area contributed by atoms with Gasteiger partial charge in [0.1, 0.15) is 11.5 Å². The highest BCUT2D eigenvalue weighted by molar-refractivity contribution is 6.30. The summed E-state index contributed by atoms with van der Waals surface area (Å²) in [6.45, 7) is 5.06. The van der Waals surface area contributed by atoms with E-state index in [1.54, 1.807) is 0 Å². The van der Waals surface area contributed by atoms with Gasteiger partial charge < -0.3 is 9.47 Å². The van der Waals surface area contributed by atoms with Crippen molar-refractivity contribution in [2.24, 2.45) is 0 Å². The first-order chi connectivity index (χ1) is 16.6. The maximum absolute atomic E-state index is 6.01. The van der Waals surface area contributed by atoms with Crippen molar-refractivity contribution < 1.29 is 9.47 Å². The SMILES string of the molecule is CCc1c(C)cc2nc(Oc3ccc(Cl)cc3)ccc2c1-c1ccc2c3c(ccnc13)CCO2. The van der Waals surface area contributed by atoms with Crippen molar-refractivity contribution in [1.82, 2.24) is 9.97 Å². The molecule has 0 radical (unpaired) electrons. The van der Waals surface area contributed by atoms with E-state index in [-0.39, 0.29) is 0 Å². The van der Waals surface area contributed by atoms with Crippen molar-refractivity contribution in [1.29, 1.82) is 0 Å². The molecule has 0 amide bonds. The summed E-state index contributed by atoms with van der Waals surface area (Å²) in [6.07, 6.45) is 3.73. The lowest BCUT2D eigenvalue weighted by molar-refractivity contribution is 0.318. The highest BCUT2D eigenvalue weighted by Gasteiger charge is 2.21. The van der Waals surface area contributed by atoms with Crippen molar-refractivity contribution >= 4 is 33.4 Å². The van der Waals surface area contributed by atoms with Crippen molar-refractivity contribution in [3.63, 3.8) is 0 Å². The molecule has 34 heavy (non-hydrogen) atoms. The number of aryl methyl sites for hydroxylation is 1. The summed E-state index contributed by atoms with van der Waals surface area (Å²) in [5, 5.41) is 2.88. The summed E-state index contributed by atoms with van der Waals surface area (Å²) >= 11 is 6.00. The molecule has 0 bridgehead atoms. The van der Waals surface area contributed by atoms with Crippen LogP contribution in [-0.2, 0) is 12.8 Å². The Balaban J connectivity index is 1.56. The van der Waals surface area contributed by atoms with Gasteiger partial charge in [0.05, 0.1) is 17.6 Å². The van der Waals surface area contributed by atoms with Crippen LogP contribution in [0, 0.1) is 6.92 Å². The molecule has 0 unspecified atom stereocenters. The average molecular weight is 467 g/mol. The number of rotatable bonds is 4. The molecule has 2 aromatic heterocycles. The molecule has 5 aromatic rings. The number of ether oxygens (including phenoxy) is 2. The maximum Gasteiger partial charge on any atom is 0.219 e. The minimum atomic E-state index is 0.549.